The molecule has 0 heterocycles. The minimum absolute atomic E-state index is 0.0821. The third kappa shape index (κ3) is 3.73. The Kier molecular flexibility index (Phi) is 6.27. The quantitative estimate of drug-likeness (QED) is 0.318. The van der Waals surface area contributed by atoms with Gasteiger partial charge in [0.2, 0.25) is 0 Å². The van der Waals surface area contributed by atoms with Gasteiger partial charge in [0.15, 0.2) is 4.90 Å². The van der Waals surface area contributed by atoms with Gasteiger partial charge in [0, 0.05) is 18.5 Å². The monoisotopic (exact) mass is 350 g/mol. The van der Waals surface area contributed by atoms with E-state index in [-0.39, 0.29) is 12.4 Å². The van der Waals surface area contributed by atoms with Crippen LogP contribution in [-0.4, -0.2) is 49.2 Å². The molecule has 0 unspecified atom stereocenters. The fourth-order valence-corrected chi connectivity index (χ4v) is 3.87. The molecule has 0 spiro atoms. The number of carbonyl (C=O) groups excluding carboxylic acids is 1. The molecule has 0 radical (unpaired) electrons. The molecule has 0 saturated heterocycles. The number of sulfonamides is 1. The maximum absolute atomic E-state index is 12.7. The third-order valence-corrected chi connectivity index (χ3v) is 5.11. The standard InChI is InChI=1S/C12H15ClN2O6S/c1-9(12(16)21-2)14(8-7-13)22(19,20)11-6-4-3-5-10(11)15(17)18/h3-6,9H,7-8H2,1-2H3/t9-/m0/s1. The summed E-state index contributed by atoms with van der Waals surface area (Å²) in [6.07, 6.45) is 0. The van der Waals surface area contributed by atoms with Crippen molar-refractivity contribution in [1.82, 2.24) is 4.31 Å². The van der Waals surface area contributed by atoms with Gasteiger partial charge in [-0.25, -0.2) is 8.42 Å². The lowest BCUT2D eigenvalue weighted by atomic mass is 10.3. The first kappa shape index (κ1) is 18.3. The van der Waals surface area contributed by atoms with E-state index in [1.807, 2.05) is 0 Å². The highest BCUT2D eigenvalue weighted by atomic mass is 35.5. The number of nitro groups is 1. The first-order valence-electron chi connectivity index (χ1n) is 6.16. The molecule has 10 heteroatoms. The molecule has 0 bridgehead atoms. The summed E-state index contributed by atoms with van der Waals surface area (Å²) in [5.41, 5.74) is -0.570. The molecule has 0 fully saturated rings. The Morgan fingerprint density at radius 3 is 2.55 bits per heavy atom. The number of benzene rings is 1. The van der Waals surface area contributed by atoms with E-state index in [1.165, 1.54) is 19.1 Å². The molecule has 0 saturated carbocycles. The van der Waals surface area contributed by atoms with Crippen molar-refractivity contribution in [3.05, 3.63) is 34.4 Å². The third-order valence-electron chi connectivity index (χ3n) is 2.93. The molecule has 1 aromatic rings. The van der Waals surface area contributed by atoms with Crippen molar-refractivity contribution in [2.75, 3.05) is 19.5 Å². The Morgan fingerprint density at radius 1 is 1.45 bits per heavy atom. The van der Waals surface area contributed by atoms with E-state index >= 15 is 0 Å². The molecule has 0 aromatic heterocycles. The van der Waals surface area contributed by atoms with E-state index < -0.39 is 37.5 Å². The zero-order valence-corrected chi connectivity index (χ0v) is 13.5. The molecule has 0 aliphatic carbocycles. The van der Waals surface area contributed by atoms with Crippen LogP contribution in [-0.2, 0) is 19.6 Å². The molecule has 122 valence electrons. The second kappa shape index (κ2) is 7.52. The number of hydrogen-bond donors (Lipinski definition) is 0. The highest BCUT2D eigenvalue weighted by molar-refractivity contribution is 7.89. The molecule has 0 N–H and O–H groups in total. The van der Waals surface area contributed by atoms with Crippen LogP contribution >= 0.6 is 11.6 Å². The Morgan fingerprint density at radius 2 is 2.05 bits per heavy atom. The molecule has 0 aliphatic rings. The summed E-state index contributed by atoms with van der Waals surface area (Å²) >= 11 is 5.59. The average Bonchev–Trinajstić information content (AvgIpc) is 2.50. The number of rotatable bonds is 7. The van der Waals surface area contributed by atoms with Gasteiger partial charge in [0.25, 0.3) is 15.7 Å². The van der Waals surface area contributed by atoms with E-state index in [1.54, 1.807) is 0 Å². The van der Waals surface area contributed by atoms with Gasteiger partial charge in [-0.05, 0) is 13.0 Å². The molecule has 0 amide bonds. The number of esters is 1. The van der Waals surface area contributed by atoms with Crippen LogP contribution in [0.3, 0.4) is 0 Å². The van der Waals surface area contributed by atoms with Gasteiger partial charge in [-0.3, -0.25) is 14.9 Å². The minimum Gasteiger partial charge on any atom is -0.468 e. The van der Waals surface area contributed by atoms with Crippen LogP contribution < -0.4 is 0 Å². The number of nitro benzene ring substituents is 1. The van der Waals surface area contributed by atoms with Crippen LogP contribution in [0.5, 0.6) is 0 Å². The number of methoxy groups -OCH3 is 1. The zero-order valence-electron chi connectivity index (χ0n) is 11.9. The Bertz CT molecular complexity index is 663. The van der Waals surface area contributed by atoms with Gasteiger partial charge in [0.1, 0.15) is 6.04 Å². The molecule has 8 nitrogen and oxygen atoms in total. The van der Waals surface area contributed by atoms with Crippen molar-refractivity contribution in [3.8, 4) is 0 Å². The number of halogens is 1. The van der Waals surface area contributed by atoms with E-state index in [2.05, 4.69) is 4.74 Å². The van der Waals surface area contributed by atoms with Crippen molar-refractivity contribution < 1.29 is 22.9 Å². The summed E-state index contributed by atoms with van der Waals surface area (Å²) in [5, 5.41) is 11.0. The maximum atomic E-state index is 12.7. The SMILES string of the molecule is COC(=O)[C@H](C)N(CCCl)S(=O)(=O)c1ccccc1[N+](=O)[O-]. The first-order valence-corrected chi connectivity index (χ1v) is 8.13. The smallest absolute Gasteiger partial charge is 0.323 e. The maximum Gasteiger partial charge on any atom is 0.323 e. The van der Waals surface area contributed by atoms with Crippen molar-refractivity contribution in [2.24, 2.45) is 0 Å². The molecular formula is C12H15ClN2O6S. The summed E-state index contributed by atoms with van der Waals surface area (Å²) in [5.74, 6) is -0.867. The fraction of sp³-hybridized carbons (Fsp3) is 0.417. The van der Waals surface area contributed by atoms with Gasteiger partial charge in [-0.1, -0.05) is 12.1 Å². The van der Waals surface area contributed by atoms with E-state index in [9.17, 15) is 23.3 Å². The zero-order chi connectivity index (χ0) is 16.9. The van der Waals surface area contributed by atoms with Gasteiger partial charge in [0.05, 0.1) is 12.0 Å². The molecule has 1 atom stereocenters. The van der Waals surface area contributed by atoms with Crippen LogP contribution in [0.2, 0.25) is 0 Å². The van der Waals surface area contributed by atoms with Gasteiger partial charge >= 0.3 is 5.97 Å². The number of para-hydroxylation sites is 1. The molecular weight excluding hydrogens is 336 g/mol. The largest absolute Gasteiger partial charge is 0.468 e. The van der Waals surface area contributed by atoms with E-state index in [0.717, 1.165) is 23.5 Å². The first-order chi connectivity index (χ1) is 10.3. The second-order valence-electron chi connectivity index (χ2n) is 4.23. The lowest BCUT2D eigenvalue weighted by molar-refractivity contribution is -0.387. The highest BCUT2D eigenvalue weighted by Gasteiger charge is 2.36. The van der Waals surface area contributed by atoms with Crippen LogP contribution in [0.25, 0.3) is 0 Å². The van der Waals surface area contributed by atoms with Crippen molar-refractivity contribution in [1.29, 1.82) is 0 Å². The van der Waals surface area contributed by atoms with Gasteiger partial charge in [-0.15, -0.1) is 11.6 Å². The summed E-state index contributed by atoms with van der Waals surface area (Å²) in [4.78, 5) is 21.3. The minimum atomic E-state index is -4.29. The topological polar surface area (TPSA) is 107 Å². The van der Waals surface area contributed by atoms with Crippen molar-refractivity contribution >= 4 is 33.3 Å². The molecule has 1 rings (SSSR count). The Balaban J connectivity index is 3.41. The predicted molar refractivity (Wildman–Crippen MR) is 79.2 cm³/mol. The predicted octanol–water partition coefficient (Wildman–Crippen LogP) is 1.39. The average molecular weight is 351 g/mol. The summed E-state index contributed by atoms with van der Waals surface area (Å²) < 4.78 is 30.6. The van der Waals surface area contributed by atoms with E-state index in [4.69, 9.17) is 11.6 Å². The fourth-order valence-electron chi connectivity index (χ4n) is 1.85. The Labute approximate surface area is 132 Å². The van der Waals surface area contributed by atoms with Crippen LogP contribution in [0, 0.1) is 10.1 Å². The van der Waals surface area contributed by atoms with Gasteiger partial charge in [-0.2, -0.15) is 4.31 Å². The number of alkyl halides is 1. The van der Waals surface area contributed by atoms with Crippen LogP contribution in [0.4, 0.5) is 5.69 Å². The van der Waals surface area contributed by atoms with Crippen molar-refractivity contribution in [3.63, 3.8) is 0 Å². The van der Waals surface area contributed by atoms with E-state index in [0.29, 0.717) is 0 Å². The normalized spacial score (nSPS) is 12.9. The molecule has 0 aliphatic heterocycles. The summed E-state index contributed by atoms with van der Waals surface area (Å²) in [6.45, 7) is 1.14. The molecule has 22 heavy (non-hydrogen) atoms. The number of nitrogens with zero attached hydrogens (tertiary/aromatic N) is 2. The van der Waals surface area contributed by atoms with Gasteiger partial charge < -0.3 is 4.74 Å². The Hall–Kier alpha value is -1.71. The van der Waals surface area contributed by atoms with Crippen molar-refractivity contribution in [2.45, 2.75) is 17.9 Å². The number of ether oxygens (including phenoxy) is 1. The highest BCUT2D eigenvalue weighted by Crippen LogP contribution is 2.27. The number of carbonyl (C=O) groups is 1. The number of hydrogen-bond acceptors (Lipinski definition) is 6. The van der Waals surface area contributed by atoms with Crippen LogP contribution in [0.15, 0.2) is 29.2 Å². The molecule has 1 aromatic carbocycles. The summed E-state index contributed by atoms with van der Waals surface area (Å²) in [7, 11) is -3.17. The second-order valence-corrected chi connectivity index (χ2v) is 6.47. The lowest BCUT2D eigenvalue weighted by Crippen LogP contribution is -2.44. The van der Waals surface area contributed by atoms with Crippen LogP contribution in [0.1, 0.15) is 6.92 Å². The lowest BCUT2D eigenvalue weighted by Gasteiger charge is -2.25. The summed E-state index contributed by atoms with van der Waals surface area (Å²) in [6, 6.07) is 3.75.